The van der Waals surface area contributed by atoms with Crippen LogP contribution in [0.1, 0.15) is 21.7 Å². The van der Waals surface area contributed by atoms with Crippen molar-refractivity contribution in [2.75, 3.05) is 6.61 Å². The number of benzene rings is 2. The Labute approximate surface area is 170 Å². The van der Waals surface area contributed by atoms with Gasteiger partial charge in [0.05, 0.1) is 23.4 Å². The molecule has 1 aliphatic rings. The zero-order valence-electron chi connectivity index (χ0n) is 15.7. The molecule has 2 aromatic carbocycles. The molecule has 5 nitrogen and oxygen atoms in total. The zero-order valence-corrected chi connectivity index (χ0v) is 15.7. The first-order valence-electron chi connectivity index (χ1n) is 9.03. The van der Waals surface area contributed by atoms with Crippen LogP contribution in [-0.2, 0) is 12.7 Å². The highest BCUT2D eigenvalue weighted by Crippen LogP contribution is 2.34. The number of fused-ring (bicyclic) bond motifs is 1. The van der Waals surface area contributed by atoms with Gasteiger partial charge in [0.25, 0.3) is 5.91 Å². The van der Waals surface area contributed by atoms with Crippen molar-refractivity contribution in [3.8, 4) is 16.9 Å². The summed E-state index contributed by atoms with van der Waals surface area (Å²) < 4.78 is 44.2. The third-order valence-corrected chi connectivity index (χ3v) is 4.70. The van der Waals surface area contributed by atoms with Crippen molar-refractivity contribution in [3.63, 3.8) is 0 Å². The van der Waals surface area contributed by atoms with E-state index in [1.54, 1.807) is 36.7 Å². The topological polar surface area (TPSA) is 55.3 Å². The molecule has 0 N–H and O–H groups in total. The zero-order chi connectivity index (χ0) is 21.3. The lowest BCUT2D eigenvalue weighted by Crippen LogP contribution is -2.30. The molecule has 1 aromatic heterocycles. The molecular formula is C22H16F3N3O2. The normalized spacial score (nSPS) is 14.2. The predicted molar refractivity (Wildman–Crippen MR) is 103 cm³/mol. The van der Waals surface area contributed by atoms with Crippen LogP contribution in [0.5, 0.6) is 5.75 Å². The van der Waals surface area contributed by atoms with E-state index in [0.29, 0.717) is 34.0 Å². The largest absolute Gasteiger partial charge is 0.487 e. The van der Waals surface area contributed by atoms with Crippen molar-refractivity contribution >= 4 is 5.91 Å². The molecule has 4 rings (SSSR count). The molecule has 0 bridgehead atoms. The van der Waals surface area contributed by atoms with E-state index in [0.717, 1.165) is 12.1 Å². The van der Waals surface area contributed by atoms with Gasteiger partial charge in [-0.25, -0.2) is 9.97 Å². The summed E-state index contributed by atoms with van der Waals surface area (Å²) in [6.45, 7) is 4.16. The fourth-order valence-corrected chi connectivity index (χ4v) is 3.12. The number of hydrogen-bond donors (Lipinski definition) is 0. The molecule has 0 radical (unpaired) electrons. The number of rotatable bonds is 3. The molecule has 0 saturated carbocycles. The van der Waals surface area contributed by atoms with E-state index in [1.807, 2.05) is 0 Å². The van der Waals surface area contributed by atoms with Gasteiger partial charge < -0.3 is 9.64 Å². The minimum atomic E-state index is -4.41. The molecule has 0 fully saturated rings. The quantitative estimate of drug-likeness (QED) is 0.626. The first-order chi connectivity index (χ1) is 14.3. The number of carbonyl (C=O) groups excluding carboxylic acids is 1. The molecule has 0 saturated heterocycles. The maximum absolute atomic E-state index is 13.2. The Morgan fingerprint density at radius 3 is 2.37 bits per heavy atom. The summed E-state index contributed by atoms with van der Waals surface area (Å²) in [5.74, 6) is 0.497. The van der Waals surface area contributed by atoms with Gasteiger partial charge in [0.1, 0.15) is 18.2 Å². The van der Waals surface area contributed by atoms with E-state index >= 15 is 0 Å². The molecule has 0 aliphatic carbocycles. The number of amides is 1. The van der Waals surface area contributed by atoms with Crippen molar-refractivity contribution in [3.05, 3.63) is 90.2 Å². The van der Waals surface area contributed by atoms with Gasteiger partial charge in [-0.2, -0.15) is 13.2 Å². The Kier molecular flexibility index (Phi) is 4.99. The van der Waals surface area contributed by atoms with Crippen molar-refractivity contribution in [2.24, 2.45) is 0 Å². The maximum Gasteiger partial charge on any atom is 0.416 e. The van der Waals surface area contributed by atoms with Crippen LogP contribution >= 0.6 is 0 Å². The van der Waals surface area contributed by atoms with Crippen molar-refractivity contribution in [1.29, 1.82) is 0 Å². The van der Waals surface area contributed by atoms with Crippen LogP contribution in [0.15, 0.2) is 73.2 Å². The first kappa shape index (κ1) is 19.6. The number of nitrogens with zero attached hydrogens (tertiary/aromatic N) is 3. The third kappa shape index (κ3) is 3.89. The van der Waals surface area contributed by atoms with Crippen LogP contribution in [-0.4, -0.2) is 27.4 Å². The smallest absolute Gasteiger partial charge is 0.416 e. The molecule has 0 unspecified atom stereocenters. The molecule has 1 amide bonds. The average molecular weight is 411 g/mol. The second-order valence-electron chi connectivity index (χ2n) is 6.70. The molecule has 0 atom stereocenters. The Hall–Kier alpha value is -3.68. The number of hydrogen-bond acceptors (Lipinski definition) is 4. The molecule has 8 heteroatoms. The van der Waals surface area contributed by atoms with E-state index < -0.39 is 11.7 Å². The fourth-order valence-electron chi connectivity index (χ4n) is 3.12. The van der Waals surface area contributed by atoms with Gasteiger partial charge in [0.15, 0.2) is 0 Å². The fraction of sp³-hybridized carbons (Fsp3) is 0.136. The summed E-state index contributed by atoms with van der Waals surface area (Å²) in [5, 5.41) is 0. The predicted octanol–water partition coefficient (Wildman–Crippen LogP) is 4.71. The van der Waals surface area contributed by atoms with Crippen LogP contribution < -0.4 is 4.74 Å². The van der Waals surface area contributed by atoms with E-state index in [4.69, 9.17) is 4.74 Å². The van der Waals surface area contributed by atoms with Gasteiger partial charge in [-0.15, -0.1) is 0 Å². The van der Waals surface area contributed by atoms with Crippen LogP contribution in [0, 0.1) is 0 Å². The summed E-state index contributed by atoms with van der Waals surface area (Å²) in [6.07, 6.45) is -1.24. The highest BCUT2D eigenvalue weighted by atomic mass is 19.4. The lowest BCUT2D eigenvalue weighted by molar-refractivity contribution is -0.137. The van der Waals surface area contributed by atoms with Crippen LogP contribution in [0.25, 0.3) is 11.1 Å². The van der Waals surface area contributed by atoms with Crippen LogP contribution in [0.2, 0.25) is 0 Å². The number of carbonyl (C=O) groups is 1. The van der Waals surface area contributed by atoms with Gasteiger partial charge in [-0.1, -0.05) is 24.8 Å². The Bertz CT molecular complexity index is 1100. The second-order valence-corrected chi connectivity index (χ2v) is 6.70. The summed E-state index contributed by atoms with van der Waals surface area (Å²) in [7, 11) is 0. The standard InChI is InChI=1S/C22H16F3N3O2/c1-14-13-30-19-8-5-16(15-3-6-17(7-4-15)22(23,24)25)11-18(19)21(29)28(14)12-20-26-9-2-10-27-20/h2-11H,1,12-13H2. The average Bonchev–Trinajstić information content (AvgIpc) is 2.86. The van der Waals surface area contributed by atoms with E-state index in [2.05, 4.69) is 16.5 Å². The van der Waals surface area contributed by atoms with Crippen LogP contribution in [0.3, 0.4) is 0 Å². The van der Waals surface area contributed by atoms with Gasteiger partial charge >= 0.3 is 6.18 Å². The molecule has 0 spiro atoms. The molecule has 1 aliphatic heterocycles. The van der Waals surface area contributed by atoms with E-state index in [1.165, 1.54) is 17.0 Å². The third-order valence-electron chi connectivity index (χ3n) is 4.70. The first-order valence-corrected chi connectivity index (χ1v) is 9.03. The second kappa shape index (κ2) is 7.62. The lowest BCUT2D eigenvalue weighted by atomic mass is 10.0. The molecule has 3 aromatic rings. The van der Waals surface area contributed by atoms with Gasteiger partial charge in [0, 0.05) is 12.4 Å². The number of alkyl halides is 3. The molecule has 2 heterocycles. The van der Waals surface area contributed by atoms with Gasteiger partial charge in [-0.05, 0) is 41.5 Å². The minimum Gasteiger partial charge on any atom is -0.487 e. The van der Waals surface area contributed by atoms with Crippen molar-refractivity contribution in [1.82, 2.24) is 14.9 Å². The number of halogens is 3. The molecular weight excluding hydrogens is 395 g/mol. The van der Waals surface area contributed by atoms with Crippen molar-refractivity contribution < 1.29 is 22.7 Å². The lowest BCUT2D eigenvalue weighted by Gasteiger charge is -2.21. The Morgan fingerprint density at radius 2 is 1.70 bits per heavy atom. The van der Waals surface area contributed by atoms with E-state index in [9.17, 15) is 18.0 Å². The molecule has 152 valence electrons. The van der Waals surface area contributed by atoms with E-state index in [-0.39, 0.29) is 19.1 Å². The SMILES string of the molecule is C=C1COc2ccc(-c3ccc(C(F)(F)F)cc3)cc2C(=O)N1Cc1ncccn1. The van der Waals surface area contributed by atoms with Gasteiger partial charge in [-0.3, -0.25) is 4.79 Å². The number of ether oxygens (including phenoxy) is 1. The van der Waals surface area contributed by atoms with Gasteiger partial charge in [0.2, 0.25) is 0 Å². The minimum absolute atomic E-state index is 0.116. The highest BCUT2D eigenvalue weighted by Gasteiger charge is 2.30. The summed E-state index contributed by atoms with van der Waals surface area (Å²) in [5.41, 5.74) is 1.18. The highest BCUT2D eigenvalue weighted by molar-refractivity contribution is 5.99. The maximum atomic E-state index is 13.2. The van der Waals surface area contributed by atoms with Crippen LogP contribution in [0.4, 0.5) is 13.2 Å². The number of aromatic nitrogens is 2. The summed E-state index contributed by atoms with van der Waals surface area (Å²) in [6, 6.07) is 11.4. The summed E-state index contributed by atoms with van der Waals surface area (Å²) in [4.78, 5) is 22.9. The Morgan fingerprint density at radius 1 is 1.03 bits per heavy atom. The molecule has 30 heavy (non-hydrogen) atoms. The summed E-state index contributed by atoms with van der Waals surface area (Å²) >= 11 is 0. The van der Waals surface area contributed by atoms with Crippen molar-refractivity contribution in [2.45, 2.75) is 12.7 Å². The Balaban J connectivity index is 1.67. The monoisotopic (exact) mass is 411 g/mol.